The van der Waals surface area contributed by atoms with Gasteiger partial charge in [0.15, 0.2) is 0 Å². The third kappa shape index (κ3) is 5.34. The van der Waals surface area contributed by atoms with E-state index >= 15 is 0 Å². The van der Waals surface area contributed by atoms with Crippen molar-refractivity contribution in [1.29, 1.82) is 0 Å². The molecule has 2 aromatic rings. The van der Waals surface area contributed by atoms with E-state index < -0.39 is 30.3 Å². The molecule has 0 saturated heterocycles. The molecule has 0 amide bonds. The second kappa shape index (κ2) is 6.60. The van der Waals surface area contributed by atoms with E-state index in [2.05, 4.69) is 9.47 Å². The Morgan fingerprint density at radius 1 is 0.625 bits per heavy atom. The molecule has 0 heterocycles. The highest BCUT2D eigenvalue weighted by molar-refractivity contribution is 5.37. The molecule has 2 aromatic carbocycles. The van der Waals surface area contributed by atoms with Gasteiger partial charge in [-0.15, -0.1) is 26.3 Å². The average Bonchev–Trinajstić information content (AvgIpc) is 2.45. The van der Waals surface area contributed by atoms with Gasteiger partial charge in [-0.05, 0) is 35.4 Å². The molecule has 0 aliphatic carbocycles. The Balaban J connectivity index is 2.09. The summed E-state index contributed by atoms with van der Waals surface area (Å²) in [5.74, 6) is -0.792. The van der Waals surface area contributed by atoms with Crippen LogP contribution in [-0.4, -0.2) is 12.7 Å². The predicted octanol–water partition coefficient (Wildman–Crippen LogP) is 4.53. The van der Waals surface area contributed by atoms with E-state index in [9.17, 15) is 26.3 Å². The Morgan fingerprint density at radius 2 is 0.917 bits per heavy atom. The maximum Gasteiger partial charge on any atom is 0.573 e. The molecule has 0 bridgehead atoms. The van der Waals surface area contributed by atoms with Crippen molar-refractivity contribution >= 4 is 0 Å². The van der Waals surface area contributed by atoms with Crippen LogP contribution >= 0.6 is 0 Å². The first kappa shape index (κ1) is 17.9. The van der Waals surface area contributed by atoms with E-state index in [1.807, 2.05) is 0 Å². The van der Waals surface area contributed by atoms with Gasteiger partial charge in [0.1, 0.15) is 11.5 Å². The predicted molar refractivity (Wildman–Crippen MR) is 72.3 cm³/mol. The Bertz CT molecular complexity index is 605. The monoisotopic (exact) mass is 351 g/mol. The molecule has 3 nitrogen and oxygen atoms in total. The molecule has 0 aliphatic rings. The minimum Gasteiger partial charge on any atom is -0.406 e. The topological polar surface area (TPSA) is 44.5 Å². The van der Waals surface area contributed by atoms with Crippen molar-refractivity contribution in [3.05, 3.63) is 59.7 Å². The maximum absolute atomic E-state index is 12.1. The van der Waals surface area contributed by atoms with Gasteiger partial charge in [-0.1, -0.05) is 24.3 Å². The minimum atomic E-state index is -4.79. The van der Waals surface area contributed by atoms with Crippen molar-refractivity contribution in [3.8, 4) is 11.5 Å². The first-order valence-electron chi connectivity index (χ1n) is 6.50. The van der Waals surface area contributed by atoms with E-state index in [1.54, 1.807) is 0 Å². The highest BCUT2D eigenvalue weighted by Crippen LogP contribution is 2.28. The van der Waals surface area contributed by atoms with E-state index in [0.717, 1.165) is 24.3 Å². The Kier molecular flexibility index (Phi) is 4.93. The average molecular weight is 351 g/mol. The summed E-state index contributed by atoms with van der Waals surface area (Å²) in [6, 6.07) is 9.03. The van der Waals surface area contributed by atoms with Gasteiger partial charge in [-0.25, -0.2) is 0 Å². The van der Waals surface area contributed by atoms with Crippen LogP contribution in [0.2, 0.25) is 0 Å². The zero-order valence-corrected chi connectivity index (χ0v) is 11.9. The Hall–Kier alpha value is -2.42. The minimum absolute atomic E-state index is 0.396. The van der Waals surface area contributed by atoms with Gasteiger partial charge < -0.3 is 15.2 Å². The molecule has 0 radical (unpaired) electrons. The van der Waals surface area contributed by atoms with Crippen LogP contribution in [0, 0.1) is 0 Å². The lowest BCUT2D eigenvalue weighted by atomic mass is 9.99. The number of nitrogens with two attached hydrogens (primary N) is 1. The molecule has 0 fully saturated rings. The zero-order valence-electron chi connectivity index (χ0n) is 11.9. The second-order valence-electron chi connectivity index (χ2n) is 4.71. The molecule has 9 heteroatoms. The van der Waals surface area contributed by atoms with Crippen molar-refractivity contribution in [1.82, 2.24) is 0 Å². The summed E-state index contributed by atoms with van der Waals surface area (Å²) < 4.78 is 80.0. The lowest BCUT2D eigenvalue weighted by molar-refractivity contribution is -0.275. The standard InChI is InChI=1S/C15H11F6NO2/c16-14(17,18)23-11-5-1-9(2-6-11)13(22)10-3-7-12(8-4-10)24-15(19,20)21/h1-8,13H,22H2. The summed E-state index contributed by atoms with van der Waals surface area (Å²) in [6.45, 7) is 0. The highest BCUT2D eigenvalue weighted by Gasteiger charge is 2.31. The molecule has 130 valence electrons. The lowest BCUT2D eigenvalue weighted by Crippen LogP contribution is -2.18. The van der Waals surface area contributed by atoms with Crippen molar-refractivity contribution < 1.29 is 35.8 Å². The molecule has 0 aliphatic heterocycles. The van der Waals surface area contributed by atoms with E-state index in [0.29, 0.717) is 11.1 Å². The third-order valence-electron chi connectivity index (χ3n) is 2.95. The first-order chi connectivity index (χ1) is 11.0. The molecule has 0 saturated carbocycles. The third-order valence-corrected chi connectivity index (χ3v) is 2.95. The normalized spacial score (nSPS) is 12.3. The molecule has 0 aromatic heterocycles. The number of hydrogen-bond acceptors (Lipinski definition) is 3. The van der Waals surface area contributed by atoms with Gasteiger partial charge in [0, 0.05) is 0 Å². The Labute approximate surface area is 132 Å². The van der Waals surface area contributed by atoms with E-state index in [-0.39, 0.29) is 0 Å². The largest absolute Gasteiger partial charge is 0.573 e. The van der Waals surface area contributed by atoms with Crippen LogP contribution in [0.15, 0.2) is 48.5 Å². The van der Waals surface area contributed by atoms with Crippen LogP contribution in [0.1, 0.15) is 17.2 Å². The number of halogens is 6. The quantitative estimate of drug-likeness (QED) is 0.823. The van der Waals surface area contributed by atoms with E-state index in [4.69, 9.17) is 5.73 Å². The summed E-state index contributed by atoms with van der Waals surface area (Å²) in [5, 5.41) is 0. The highest BCUT2D eigenvalue weighted by atomic mass is 19.4. The van der Waals surface area contributed by atoms with Gasteiger partial charge >= 0.3 is 12.7 Å². The van der Waals surface area contributed by atoms with Gasteiger partial charge in [0.25, 0.3) is 0 Å². The molecule has 0 atom stereocenters. The summed E-state index contributed by atoms with van der Waals surface area (Å²) in [5.41, 5.74) is 6.88. The zero-order chi connectivity index (χ0) is 18.0. The number of alkyl halides is 6. The fourth-order valence-corrected chi connectivity index (χ4v) is 1.95. The van der Waals surface area contributed by atoms with Gasteiger partial charge in [-0.2, -0.15) is 0 Å². The fourth-order valence-electron chi connectivity index (χ4n) is 1.95. The number of hydrogen-bond donors (Lipinski definition) is 1. The molecule has 0 spiro atoms. The van der Waals surface area contributed by atoms with Crippen molar-refractivity contribution in [2.75, 3.05) is 0 Å². The Morgan fingerprint density at radius 3 is 1.17 bits per heavy atom. The number of rotatable bonds is 4. The number of benzene rings is 2. The molecule has 2 N–H and O–H groups in total. The fraction of sp³-hybridized carbons (Fsp3) is 0.200. The van der Waals surface area contributed by atoms with Crippen molar-refractivity contribution in [2.45, 2.75) is 18.8 Å². The first-order valence-corrected chi connectivity index (χ1v) is 6.50. The van der Waals surface area contributed by atoms with Gasteiger partial charge in [0.2, 0.25) is 0 Å². The summed E-state index contributed by atoms with van der Waals surface area (Å²) in [4.78, 5) is 0. The van der Waals surface area contributed by atoms with Crippen LogP contribution in [0.3, 0.4) is 0 Å². The molecule has 0 unspecified atom stereocenters. The number of ether oxygens (including phenoxy) is 2. The van der Waals surface area contributed by atoms with Gasteiger partial charge in [-0.3, -0.25) is 0 Å². The van der Waals surface area contributed by atoms with Crippen LogP contribution < -0.4 is 15.2 Å². The van der Waals surface area contributed by atoms with E-state index in [1.165, 1.54) is 24.3 Å². The SMILES string of the molecule is NC(c1ccc(OC(F)(F)F)cc1)c1ccc(OC(F)(F)F)cc1. The summed E-state index contributed by atoms with van der Waals surface area (Å²) in [6.07, 6.45) is -9.59. The van der Waals surface area contributed by atoms with Crippen molar-refractivity contribution in [3.63, 3.8) is 0 Å². The maximum atomic E-state index is 12.1. The smallest absolute Gasteiger partial charge is 0.406 e. The van der Waals surface area contributed by atoms with Crippen LogP contribution in [0.5, 0.6) is 11.5 Å². The molecule has 24 heavy (non-hydrogen) atoms. The van der Waals surface area contributed by atoms with Crippen LogP contribution in [0.25, 0.3) is 0 Å². The molecule has 2 rings (SSSR count). The molecular formula is C15H11F6NO2. The summed E-state index contributed by atoms with van der Waals surface area (Å²) >= 11 is 0. The van der Waals surface area contributed by atoms with Crippen molar-refractivity contribution in [2.24, 2.45) is 5.73 Å². The second-order valence-corrected chi connectivity index (χ2v) is 4.71. The molecular weight excluding hydrogens is 340 g/mol. The lowest BCUT2D eigenvalue weighted by Gasteiger charge is -2.15. The van der Waals surface area contributed by atoms with Crippen LogP contribution in [-0.2, 0) is 0 Å². The van der Waals surface area contributed by atoms with Crippen LogP contribution in [0.4, 0.5) is 26.3 Å². The summed E-state index contributed by atoms with van der Waals surface area (Å²) in [7, 11) is 0. The van der Waals surface area contributed by atoms with Gasteiger partial charge in [0.05, 0.1) is 6.04 Å².